The van der Waals surface area contributed by atoms with E-state index in [0.717, 1.165) is 33.9 Å². The van der Waals surface area contributed by atoms with Crippen LogP contribution in [-0.4, -0.2) is 0 Å². The minimum absolute atomic E-state index is 0.765. The van der Waals surface area contributed by atoms with Crippen LogP contribution in [0.2, 0.25) is 0 Å². The molecular weight excluding hydrogens is 224 g/mol. The maximum Gasteiger partial charge on any atom is 0.0570 e. The predicted octanol–water partition coefficient (Wildman–Crippen LogP) is 2.91. The Labute approximate surface area is 107 Å². The first-order valence-corrected chi connectivity index (χ1v) is 5.80. The zero-order valence-electron chi connectivity index (χ0n) is 10.6. The highest BCUT2D eigenvalue weighted by Crippen LogP contribution is 2.20. The molecule has 0 heterocycles. The van der Waals surface area contributed by atoms with Gasteiger partial charge in [0.1, 0.15) is 0 Å². The van der Waals surface area contributed by atoms with E-state index >= 15 is 0 Å². The minimum Gasteiger partial charge on any atom is -0.399 e. The van der Waals surface area contributed by atoms with Crippen molar-refractivity contribution in [3.63, 3.8) is 0 Å². The summed E-state index contributed by atoms with van der Waals surface area (Å²) in [5.41, 5.74) is 23.5. The van der Waals surface area contributed by atoms with Crippen LogP contribution in [-0.2, 0) is 0 Å². The van der Waals surface area contributed by atoms with Crippen molar-refractivity contribution in [2.75, 3.05) is 22.3 Å². The molecule has 0 fully saturated rings. The first-order valence-electron chi connectivity index (χ1n) is 5.80. The molecule has 0 spiro atoms. The smallest absolute Gasteiger partial charge is 0.0570 e. The summed E-state index contributed by atoms with van der Waals surface area (Å²) in [6.07, 6.45) is 0. The Kier molecular flexibility index (Phi) is 3.28. The minimum atomic E-state index is 0.765. The molecule has 2 aromatic carbocycles. The molecule has 6 N–H and O–H groups in total. The fourth-order valence-corrected chi connectivity index (χ4v) is 1.79. The van der Waals surface area contributed by atoms with Crippen LogP contribution in [0.4, 0.5) is 22.7 Å². The van der Waals surface area contributed by atoms with Gasteiger partial charge in [0.25, 0.3) is 0 Å². The van der Waals surface area contributed by atoms with Crippen molar-refractivity contribution in [3.05, 3.63) is 47.5 Å². The average molecular weight is 242 g/mol. The van der Waals surface area contributed by atoms with E-state index in [2.05, 4.69) is 10.9 Å². The van der Waals surface area contributed by atoms with Gasteiger partial charge < -0.3 is 22.3 Å². The fraction of sp³-hybridized carbons (Fsp3) is 0.143. The summed E-state index contributed by atoms with van der Waals surface area (Å²) in [6.45, 7) is 4.02. The zero-order chi connectivity index (χ0) is 13.1. The highest BCUT2D eigenvalue weighted by Gasteiger charge is 2.00. The second-order valence-electron chi connectivity index (χ2n) is 4.40. The molecule has 94 valence electrons. The van der Waals surface area contributed by atoms with E-state index in [4.69, 9.17) is 11.5 Å². The first-order chi connectivity index (χ1) is 8.56. The van der Waals surface area contributed by atoms with Gasteiger partial charge in [0, 0.05) is 11.4 Å². The van der Waals surface area contributed by atoms with Gasteiger partial charge in [-0.2, -0.15) is 0 Å². The summed E-state index contributed by atoms with van der Waals surface area (Å²) in [4.78, 5) is 0. The SMILES string of the molecule is Cc1cc(N)ccc1NNc1ccc(N)cc1C. The van der Waals surface area contributed by atoms with Gasteiger partial charge in [-0.15, -0.1) is 0 Å². The summed E-state index contributed by atoms with van der Waals surface area (Å²) >= 11 is 0. The predicted molar refractivity (Wildman–Crippen MR) is 78.4 cm³/mol. The van der Waals surface area contributed by atoms with Crippen molar-refractivity contribution in [3.8, 4) is 0 Å². The number of nitrogen functional groups attached to an aromatic ring is 2. The maximum atomic E-state index is 5.71. The summed E-state index contributed by atoms with van der Waals surface area (Å²) < 4.78 is 0. The van der Waals surface area contributed by atoms with Crippen LogP contribution in [0.15, 0.2) is 36.4 Å². The number of rotatable bonds is 3. The number of hydrogen-bond donors (Lipinski definition) is 4. The summed E-state index contributed by atoms with van der Waals surface area (Å²) in [5.74, 6) is 0. The lowest BCUT2D eigenvalue weighted by Crippen LogP contribution is -2.11. The van der Waals surface area contributed by atoms with Crippen molar-refractivity contribution in [2.45, 2.75) is 13.8 Å². The van der Waals surface area contributed by atoms with E-state index in [1.807, 2.05) is 50.2 Å². The number of hydrazine groups is 1. The number of aryl methyl sites for hydroxylation is 2. The molecule has 2 rings (SSSR count). The molecular formula is C14H18N4. The van der Waals surface area contributed by atoms with Gasteiger partial charge in [0.15, 0.2) is 0 Å². The van der Waals surface area contributed by atoms with Crippen LogP contribution < -0.4 is 22.3 Å². The van der Waals surface area contributed by atoms with Gasteiger partial charge in [-0.25, -0.2) is 0 Å². The van der Waals surface area contributed by atoms with Crippen molar-refractivity contribution in [1.29, 1.82) is 0 Å². The van der Waals surface area contributed by atoms with E-state index in [0.29, 0.717) is 0 Å². The van der Waals surface area contributed by atoms with Gasteiger partial charge in [-0.1, -0.05) is 0 Å². The molecule has 0 unspecified atom stereocenters. The highest BCUT2D eigenvalue weighted by molar-refractivity contribution is 5.63. The van der Waals surface area contributed by atoms with Gasteiger partial charge >= 0.3 is 0 Å². The lowest BCUT2D eigenvalue weighted by Gasteiger charge is -2.14. The third-order valence-electron chi connectivity index (χ3n) is 2.83. The molecule has 4 heteroatoms. The highest BCUT2D eigenvalue weighted by atomic mass is 15.4. The lowest BCUT2D eigenvalue weighted by molar-refractivity contribution is 1.33. The van der Waals surface area contributed by atoms with Crippen LogP contribution in [0.25, 0.3) is 0 Å². The molecule has 0 saturated carbocycles. The van der Waals surface area contributed by atoms with E-state index in [1.165, 1.54) is 0 Å². The number of hydrogen-bond acceptors (Lipinski definition) is 4. The number of nitrogens with one attached hydrogen (secondary N) is 2. The Bertz CT molecular complexity index is 512. The third kappa shape index (κ3) is 2.66. The second-order valence-corrected chi connectivity index (χ2v) is 4.40. The quantitative estimate of drug-likeness (QED) is 0.493. The zero-order valence-corrected chi connectivity index (χ0v) is 10.6. The van der Waals surface area contributed by atoms with Crippen LogP contribution in [0.3, 0.4) is 0 Å². The van der Waals surface area contributed by atoms with Gasteiger partial charge in [0.2, 0.25) is 0 Å². The average Bonchev–Trinajstić information content (AvgIpc) is 2.30. The Morgan fingerprint density at radius 3 is 1.44 bits per heavy atom. The summed E-state index contributed by atoms with van der Waals surface area (Å²) in [5, 5.41) is 0. The van der Waals surface area contributed by atoms with Gasteiger partial charge in [-0.05, 0) is 61.4 Å². The van der Waals surface area contributed by atoms with E-state index in [-0.39, 0.29) is 0 Å². The normalized spacial score (nSPS) is 10.1. The fourth-order valence-electron chi connectivity index (χ4n) is 1.79. The Hall–Kier alpha value is -2.36. The van der Waals surface area contributed by atoms with E-state index < -0.39 is 0 Å². The third-order valence-corrected chi connectivity index (χ3v) is 2.83. The Balaban J connectivity index is 2.11. The van der Waals surface area contributed by atoms with Gasteiger partial charge in [0.05, 0.1) is 11.4 Å². The molecule has 0 amide bonds. The number of anilines is 4. The number of benzene rings is 2. The largest absolute Gasteiger partial charge is 0.399 e. The molecule has 0 aliphatic heterocycles. The Morgan fingerprint density at radius 2 is 1.11 bits per heavy atom. The molecule has 0 aliphatic rings. The standard InChI is InChI=1S/C14H18N4/c1-9-7-11(15)3-5-13(9)17-18-14-6-4-12(16)8-10(14)2/h3-8,17-18H,15-16H2,1-2H3. The molecule has 0 aliphatic carbocycles. The van der Waals surface area contributed by atoms with E-state index in [1.54, 1.807) is 0 Å². The summed E-state index contributed by atoms with van der Waals surface area (Å²) in [7, 11) is 0. The molecule has 0 aromatic heterocycles. The lowest BCUT2D eigenvalue weighted by atomic mass is 10.2. The number of nitrogens with two attached hydrogens (primary N) is 2. The Morgan fingerprint density at radius 1 is 0.722 bits per heavy atom. The van der Waals surface area contributed by atoms with Crippen LogP contribution >= 0.6 is 0 Å². The van der Waals surface area contributed by atoms with Crippen LogP contribution in [0.1, 0.15) is 11.1 Å². The molecule has 0 bridgehead atoms. The first kappa shape index (κ1) is 12.1. The van der Waals surface area contributed by atoms with Gasteiger partial charge in [-0.3, -0.25) is 0 Å². The second kappa shape index (κ2) is 4.87. The molecule has 0 radical (unpaired) electrons. The van der Waals surface area contributed by atoms with E-state index in [9.17, 15) is 0 Å². The molecule has 18 heavy (non-hydrogen) atoms. The van der Waals surface area contributed by atoms with Crippen LogP contribution in [0, 0.1) is 13.8 Å². The van der Waals surface area contributed by atoms with Crippen molar-refractivity contribution < 1.29 is 0 Å². The monoisotopic (exact) mass is 242 g/mol. The van der Waals surface area contributed by atoms with Crippen LogP contribution in [0.5, 0.6) is 0 Å². The molecule has 0 atom stereocenters. The van der Waals surface area contributed by atoms with Crippen molar-refractivity contribution >= 4 is 22.7 Å². The molecule has 4 nitrogen and oxygen atoms in total. The molecule has 2 aromatic rings. The molecule has 0 saturated heterocycles. The summed E-state index contributed by atoms with van der Waals surface area (Å²) in [6, 6.07) is 11.5. The van der Waals surface area contributed by atoms with Crippen molar-refractivity contribution in [1.82, 2.24) is 0 Å². The maximum absolute atomic E-state index is 5.71. The topological polar surface area (TPSA) is 76.1 Å². The van der Waals surface area contributed by atoms with Crippen molar-refractivity contribution in [2.24, 2.45) is 0 Å².